The van der Waals surface area contributed by atoms with Gasteiger partial charge in [-0.05, 0) is 6.08 Å². The topological polar surface area (TPSA) is 43.1 Å². The van der Waals surface area contributed by atoms with Gasteiger partial charge in [0, 0.05) is 10.8 Å². The van der Waals surface area contributed by atoms with E-state index >= 15 is 0 Å². The lowest BCUT2D eigenvalue weighted by atomic mass is 9.98. The largest absolute Gasteiger partial charge is 0.264 e. The van der Waals surface area contributed by atoms with Crippen LogP contribution in [0, 0.1) is 16.0 Å². The first kappa shape index (κ1) is 6.99. The first-order chi connectivity index (χ1) is 4.72. The second kappa shape index (κ2) is 2.64. The molecule has 0 aliphatic heterocycles. The summed E-state index contributed by atoms with van der Waals surface area (Å²) in [4.78, 5) is 10.0. The molecule has 0 radical (unpaired) electrons. The van der Waals surface area contributed by atoms with Gasteiger partial charge in [0.15, 0.2) is 0 Å². The third-order valence-electron chi connectivity index (χ3n) is 1.62. The smallest absolute Gasteiger partial charge is 0.237 e. The molecule has 0 heterocycles. The Morgan fingerprint density at radius 2 is 2.00 bits per heavy atom. The molecule has 2 unspecified atom stereocenters. The number of nitrogens with zero attached hydrogens (tertiary/aromatic N) is 1. The van der Waals surface area contributed by atoms with Crippen molar-refractivity contribution in [1.82, 2.24) is 0 Å². The van der Waals surface area contributed by atoms with Crippen LogP contribution in [0.3, 0.4) is 0 Å². The van der Waals surface area contributed by atoms with Crippen LogP contribution < -0.4 is 0 Å². The van der Waals surface area contributed by atoms with Crippen LogP contribution >= 0.6 is 0 Å². The Balaban J connectivity index is 2.70. The Kier molecular flexibility index (Phi) is 1.85. The lowest BCUT2D eigenvalue weighted by Crippen LogP contribution is -2.24. The van der Waals surface area contributed by atoms with E-state index in [1.807, 2.05) is 19.1 Å². The molecule has 0 saturated heterocycles. The van der Waals surface area contributed by atoms with E-state index in [4.69, 9.17) is 0 Å². The Morgan fingerprint density at radius 3 is 2.40 bits per heavy atom. The quantitative estimate of drug-likeness (QED) is 0.407. The van der Waals surface area contributed by atoms with Crippen LogP contribution in [-0.2, 0) is 0 Å². The minimum Gasteiger partial charge on any atom is -0.264 e. The summed E-state index contributed by atoms with van der Waals surface area (Å²) in [5.74, 6) is 0.0278. The summed E-state index contributed by atoms with van der Waals surface area (Å²) in [6.45, 7) is 1.84. The minimum absolute atomic E-state index is 0.0278. The van der Waals surface area contributed by atoms with E-state index in [1.54, 1.807) is 12.2 Å². The summed E-state index contributed by atoms with van der Waals surface area (Å²) < 4.78 is 0. The summed E-state index contributed by atoms with van der Waals surface area (Å²) in [5, 5.41) is 10.3. The molecule has 1 aliphatic carbocycles. The first-order valence-corrected chi connectivity index (χ1v) is 3.20. The van der Waals surface area contributed by atoms with Gasteiger partial charge in [0.05, 0.1) is 0 Å². The molecule has 0 fully saturated rings. The van der Waals surface area contributed by atoms with E-state index in [1.165, 1.54) is 0 Å². The molecule has 1 aliphatic rings. The average Bonchev–Trinajstić information content (AvgIpc) is 1.88. The molecule has 3 nitrogen and oxygen atoms in total. The van der Waals surface area contributed by atoms with Gasteiger partial charge < -0.3 is 0 Å². The highest BCUT2D eigenvalue weighted by atomic mass is 16.6. The number of hydrogen-bond acceptors (Lipinski definition) is 2. The maximum absolute atomic E-state index is 10.3. The monoisotopic (exact) mass is 139 g/mol. The molecule has 1 rings (SSSR count). The lowest BCUT2D eigenvalue weighted by molar-refractivity contribution is -0.515. The zero-order valence-corrected chi connectivity index (χ0v) is 5.73. The van der Waals surface area contributed by atoms with Crippen LogP contribution in [0.5, 0.6) is 0 Å². The Morgan fingerprint density at radius 1 is 1.40 bits per heavy atom. The number of hydrogen-bond donors (Lipinski definition) is 0. The van der Waals surface area contributed by atoms with Crippen LogP contribution in [0.4, 0.5) is 0 Å². The van der Waals surface area contributed by atoms with E-state index in [9.17, 15) is 10.1 Å². The van der Waals surface area contributed by atoms with Crippen molar-refractivity contribution >= 4 is 0 Å². The van der Waals surface area contributed by atoms with Crippen molar-refractivity contribution < 1.29 is 4.92 Å². The molecule has 0 aromatic rings. The standard InChI is InChI=1S/C7H9NO2/c1-6-4-2-3-5-7(6)8(9)10/h2-7H,1H3. The van der Waals surface area contributed by atoms with Crippen molar-refractivity contribution in [1.29, 1.82) is 0 Å². The molecule has 0 N–H and O–H groups in total. The van der Waals surface area contributed by atoms with Crippen molar-refractivity contribution in [2.45, 2.75) is 13.0 Å². The van der Waals surface area contributed by atoms with Gasteiger partial charge in [-0.15, -0.1) is 0 Å². The third kappa shape index (κ3) is 1.23. The summed E-state index contributed by atoms with van der Waals surface area (Å²) in [7, 11) is 0. The first-order valence-electron chi connectivity index (χ1n) is 3.20. The van der Waals surface area contributed by atoms with Crippen LogP contribution in [0.1, 0.15) is 6.92 Å². The fraction of sp³-hybridized carbons (Fsp3) is 0.429. The van der Waals surface area contributed by atoms with Gasteiger partial charge in [0.25, 0.3) is 0 Å². The van der Waals surface area contributed by atoms with Gasteiger partial charge >= 0.3 is 0 Å². The third-order valence-corrected chi connectivity index (χ3v) is 1.62. The van der Waals surface area contributed by atoms with Gasteiger partial charge in [-0.1, -0.05) is 25.2 Å². The fourth-order valence-electron chi connectivity index (χ4n) is 0.969. The van der Waals surface area contributed by atoms with Gasteiger partial charge in [-0.2, -0.15) is 0 Å². The average molecular weight is 139 g/mol. The summed E-state index contributed by atoms with van der Waals surface area (Å²) in [6.07, 6.45) is 7.01. The number of allylic oxidation sites excluding steroid dienone is 2. The van der Waals surface area contributed by atoms with Crippen LogP contribution in [0.2, 0.25) is 0 Å². The minimum atomic E-state index is -0.523. The van der Waals surface area contributed by atoms with Gasteiger partial charge in [-0.3, -0.25) is 10.1 Å². The second-order valence-electron chi connectivity index (χ2n) is 2.40. The van der Waals surface area contributed by atoms with E-state index in [0.717, 1.165) is 0 Å². The molecule has 0 amide bonds. The molecule has 0 saturated carbocycles. The van der Waals surface area contributed by atoms with E-state index in [2.05, 4.69) is 0 Å². The van der Waals surface area contributed by atoms with E-state index in [0.29, 0.717) is 0 Å². The maximum atomic E-state index is 10.3. The fourth-order valence-corrected chi connectivity index (χ4v) is 0.969. The normalized spacial score (nSPS) is 30.5. The SMILES string of the molecule is CC1C=CC=CC1[N+](=O)[O-]. The van der Waals surface area contributed by atoms with Crippen molar-refractivity contribution in [3.05, 3.63) is 34.4 Å². The molecular weight excluding hydrogens is 130 g/mol. The lowest BCUT2D eigenvalue weighted by Gasteiger charge is -2.11. The Hall–Kier alpha value is -1.12. The molecule has 54 valence electrons. The van der Waals surface area contributed by atoms with E-state index < -0.39 is 6.04 Å². The van der Waals surface area contributed by atoms with Crippen LogP contribution in [-0.4, -0.2) is 11.0 Å². The number of rotatable bonds is 1. The maximum Gasteiger partial charge on any atom is 0.237 e. The van der Waals surface area contributed by atoms with E-state index in [-0.39, 0.29) is 10.8 Å². The molecular formula is C7H9NO2. The molecule has 10 heavy (non-hydrogen) atoms. The molecule has 3 heteroatoms. The Bertz CT molecular complexity index is 196. The molecule has 0 aromatic heterocycles. The number of nitro groups is 1. The predicted molar refractivity (Wildman–Crippen MR) is 38.2 cm³/mol. The molecule has 0 bridgehead atoms. The molecule has 0 aromatic carbocycles. The van der Waals surface area contributed by atoms with Gasteiger partial charge in [0.2, 0.25) is 6.04 Å². The summed E-state index contributed by atoms with van der Waals surface area (Å²) >= 11 is 0. The summed E-state index contributed by atoms with van der Waals surface area (Å²) in [6, 6.07) is -0.523. The van der Waals surface area contributed by atoms with Crippen LogP contribution in [0.25, 0.3) is 0 Å². The zero-order valence-electron chi connectivity index (χ0n) is 5.73. The van der Waals surface area contributed by atoms with Crippen molar-refractivity contribution in [2.75, 3.05) is 0 Å². The summed E-state index contributed by atoms with van der Waals surface area (Å²) in [5.41, 5.74) is 0. The highest BCUT2D eigenvalue weighted by Crippen LogP contribution is 2.13. The van der Waals surface area contributed by atoms with Crippen molar-refractivity contribution in [3.8, 4) is 0 Å². The second-order valence-corrected chi connectivity index (χ2v) is 2.40. The Labute approximate surface area is 59.2 Å². The highest BCUT2D eigenvalue weighted by Gasteiger charge is 2.23. The molecule has 0 spiro atoms. The highest BCUT2D eigenvalue weighted by molar-refractivity contribution is 5.14. The zero-order chi connectivity index (χ0) is 7.56. The molecule has 2 atom stereocenters. The van der Waals surface area contributed by atoms with Crippen molar-refractivity contribution in [3.63, 3.8) is 0 Å². The predicted octanol–water partition coefficient (Wildman–Crippen LogP) is 1.39. The van der Waals surface area contributed by atoms with Crippen molar-refractivity contribution in [2.24, 2.45) is 5.92 Å². The van der Waals surface area contributed by atoms with Gasteiger partial charge in [-0.25, -0.2) is 0 Å². The van der Waals surface area contributed by atoms with Crippen LogP contribution in [0.15, 0.2) is 24.3 Å². The van der Waals surface area contributed by atoms with Gasteiger partial charge in [0.1, 0.15) is 0 Å².